The lowest BCUT2D eigenvalue weighted by atomic mass is 9.91. The van der Waals surface area contributed by atoms with Crippen molar-refractivity contribution in [1.29, 1.82) is 0 Å². The summed E-state index contributed by atoms with van der Waals surface area (Å²) in [6.45, 7) is 4.58. The molecule has 2 heteroatoms. The van der Waals surface area contributed by atoms with Crippen LogP contribution in [0.3, 0.4) is 0 Å². The van der Waals surface area contributed by atoms with Crippen LogP contribution in [0.4, 0.5) is 17.1 Å². The molecule has 1 nitrogen and oxygen atoms in total. The Hall–Kier alpha value is -3.62. The highest BCUT2D eigenvalue weighted by atomic mass is 79.9. The van der Waals surface area contributed by atoms with Crippen molar-refractivity contribution in [3.05, 3.63) is 137 Å². The summed E-state index contributed by atoms with van der Waals surface area (Å²) in [5.74, 6) is 0. The number of para-hydroxylation sites is 1. The molecule has 0 fully saturated rings. The molecule has 0 spiro atoms. The van der Waals surface area contributed by atoms with Crippen molar-refractivity contribution >= 4 is 33.0 Å². The molecule has 0 atom stereocenters. The zero-order valence-electron chi connectivity index (χ0n) is 30.7. The van der Waals surface area contributed by atoms with Crippen LogP contribution in [0.5, 0.6) is 0 Å². The van der Waals surface area contributed by atoms with Crippen molar-refractivity contribution in [3.63, 3.8) is 0 Å². The van der Waals surface area contributed by atoms with Gasteiger partial charge in [0.2, 0.25) is 0 Å². The zero-order valence-corrected chi connectivity index (χ0v) is 32.3. The van der Waals surface area contributed by atoms with E-state index < -0.39 is 0 Å². The highest BCUT2D eigenvalue weighted by molar-refractivity contribution is 9.10. The van der Waals surface area contributed by atoms with Crippen molar-refractivity contribution in [2.45, 2.75) is 117 Å². The second-order valence-electron chi connectivity index (χ2n) is 14.0. The maximum atomic E-state index is 3.85. The van der Waals surface area contributed by atoms with E-state index >= 15 is 0 Å². The van der Waals surface area contributed by atoms with Crippen molar-refractivity contribution < 1.29 is 0 Å². The second-order valence-corrected chi connectivity index (χ2v) is 14.9. The molecule has 0 aliphatic heterocycles. The maximum Gasteiger partial charge on any atom is 0.0540 e. The highest BCUT2D eigenvalue weighted by Gasteiger charge is 2.20. The molecule has 0 aliphatic rings. The molecule has 0 aliphatic carbocycles. The van der Waals surface area contributed by atoms with Gasteiger partial charge in [-0.25, -0.2) is 0 Å². The maximum absolute atomic E-state index is 3.85. The summed E-state index contributed by atoms with van der Waals surface area (Å²) in [4.78, 5) is 2.46. The van der Waals surface area contributed by atoms with Crippen molar-refractivity contribution in [1.82, 2.24) is 0 Å². The SMILES string of the molecule is CCCCCCCCCc1ccc(N(c2ccccc2)c2ccc(CCCCCCCCC)cc2-c2cc(Br)ccc2-c2ccccc2)cc1. The normalized spacial score (nSPS) is 11.2. The average molecular weight is 729 g/mol. The van der Waals surface area contributed by atoms with Crippen LogP contribution in [0.15, 0.2) is 126 Å². The molecule has 0 bridgehead atoms. The van der Waals surface area contributed by atoms with E-state index in [4.69, 9.17) is 0 Å². The fourth-order valence-electron chi connectivity index (χ4n) is 7.15. The fourth-order valence-corrected chi connectivity index (χ4v) is 7.51. The first-order valence-electron chi connectivity index (χ1n) is 19.6. The van der Waals surface area contributed by atoms with Gasteiger partial charge in [-0.2, -0.15) is 0 Å². The number of aryl methyl sites for hydroxylation is 2. The molecule has 0 unspecified atom stereocenters. The van der Waals surface area contributed by atoms with Gasteiger partial charge in [-0.3, -0.25) is 0 Å². The van der Waals surface area contributed by atoms with Crippen LogP contribution in [0.1, 0.15) is 115 Å². The summed E-state index contributed by atoms with van der Waals surface area (Å²) in [6, 6.07) is 45.1. The molecule has 0 heterocycles. The van der Waals surface area contributed by atoms with Gasteiger partial charge in [0.15, 0.2) is 0 Å². The number of halogens is 1. The van der Waals surface area contributed by atoms with Crippen molar-refractivity contribution in [2.75, 3.05) is 4.90 Å². The molecule has 0 amide bonds. The van der Waals surface area contributed by atoms with Gasteiger partial charge in [0.25, 0.3) is 0 Å². The van der Waals surface area contributed by atoms with Gasteiger partial charge in [-0.05, 0) is 102 Å². The number of hydrogen-bond acceptors (Lipinski definition) is 1. The lowest BCUT2D eigenvalue weighted by molar-refractivity contribution is 0.589. The minimum Gasteiger partial charge on any atom is -0.310 e. The van der Waals surface area contributed by atoms with Gasteiger partial charge in [0, 0.05) is 21.4 Å². The number of rotatable bonds is 21. The summed E-state index contributed by atoms with van der Waals surface area (Å²) in [7, 11) is 0. The topological polar surface area (TPSA) is 3.24 Å². The molecule has 5 rings (SSSR count). The first-order valence-corrected chi connectivity index (χ1v) is 20.4. The van der Waals surface area contributed by atoms with Crippen LogP contribution in [-0.4, -0.2) is 0 Å². The Morgan fingerprint density at radius 1 is 0.420 bits per heavy atom. The molecule has 50 heavy (non-hydrogen) atoms. The van der Waals surface area contributed by atoms with Crippen LogP contribution in [0, 0.1) is 0 Å². The first kappa shape index (κ1) is 37.6. The molecular formula is C48H58BrN. The Morgan fingerprint density at radius 2 is 0.940 bits per heavy atom. The lowest BCUT2D eigenvalue weighted by Gasteiger charge is -2.29. The fraction of sp³-hybridized carbons (Fsp3) is 0.375. The van der Waals surface area contributed by atoms with Crippen LogP contribution < -0.4 is 4.90 Å². The number of hydrogen-bond donors (Lipinski definition) is 0. The largest absolute Gasteiger partial charge is 0.310 e. The molecule has 0 N–H and O–H groups in total. The standard InChI is InChI=1S/C48H58BrN/c1-3-5-7-9-11-13-17-23-39-29-33-44(34-30-39)50(43-27-21-16-22-28-43)48-36-31-40(24-18-14-12-10-8-6-4-2)37-47(48)46-38-42(49)32-35-45(46)41-25-19-15-20-26-41/h15-16,19-22,25-38H,3-14,17-18,23-24H2,1-2H3. The van der Waals surface area contributed by atoms with E-state index in [-0.39, 0.29) is 0 Å². The van der Waals surface area contributed by atoms with Gasteiger partial charge >= 0.3 is 0 Å². The zero-order chi connectivity index (χ0) is 34.8. The number of benzene rings is 5. The second kappa shape index (κ2) is 20.9. The van der Waals surface area contributed by atoms with E-state index in [1.807, 2.05) is 0 Å². The molecule has 0 saturated carbocycles. The number of unbranched alkanes of at least 4 members (excludes halogenated alkanes) is 12. The van der Waals surface area contributed by atoms with E-state index in [9.17, 15) is 0 Å². The Kier molecular flexibility index (Phi) is 15.7. The Morgan fingerprint density at radius 3 is 1.56 bits per heavy atom. The van der Waals surface area contributed by atoms with E-state index in [2.05, 4.69) is 156 Å². The Labute approximate surface area is 312 Å². The van der Waals surface area contributed by atoms with Gasteiger partial charge in [-0.1, -0.05) is 180 Å². The van der Waals surface area contributed by atoms with E-state index in [1.165, 1.54) is 140 Å². The Balaban J connectivity index is 1.49. The first-order chi connectivity index (χ1) is 24.7. The van der Waals surface area contributed by atoms with Gasteiger partial charge in [-0.15, -0.1) is 0 Å². The number of nitrogens with zero attached hydrogens (tertiary/aromatic N) is 1. The summed E-state index contributed by atoms with van der Waals surface area (Å²) >= 11 is 3.85. The van der Waals surface area contributed by atoms with E-state index in [0.717, 1.165) is 17.3 Å². The Bertz CT molecular complexity index is 1680. The molecule has 5 aromatic carbocycles. The van der Waals surface area contributed by atoms with Crippen molar-refractivity contribution in [3.8, 4) is 22.3 Å². The minimum absolute atomic E-state index is 1.09. The highest BCUT2D eigenvalue weighted by Crippen LogP contribution is 2.45. The summed E-state index contributed by atoms with van der Waals surface area (Å²) < 4.78 is 1.09. The summed E-state index contributed by atoms with van der Waals surface area (Å²) in [5.41, 5.74) is 11.4. The summed E-state index contributed by atoms with van der Waals surface area (Å²) in [5, 5.41) is 0. The molecule has 0 radical (unpaired) electrons. The summed E-state index contributed by atoms with van der Waals surface area (Å²) in [6.07, 6.45) is 20.9. The van der Waals surface area contributed by atoms with Gasteiger partial charge in [0.1, 0.15) is 0 Å². The monoisotopic (exact) mass is 727 g/mol. The van der Waals surface area contributed by atoms with Crippen molar-refractivity contribution in [2.24, 2.45) is 0 Å². The van der Waals surface area contributed by atoms with E-state index in [1.54, 1.807) is 0 Å². The predicted octanol–water partition coefficient (Wildman–Crippen LogP) is 15.8. The molecular weight excluding hydrogens is 670 g/mol. The average Bonchev–Trinajstić information content (AvgIpc) is 3.16. The smallest absolute Gasteiger partial charge is 0.0540 e. The predicted molar refractivity (Wildman–Crippen MR) is 223 cm³/mol. The minimum atomic E-state index is 1.09. The third kappa shape index (κ3) is 11.2. The van der Waals surface area contributed by atoms with Crippen LogP contribution >= 0.6 is 15.9 Å². The van der Waals surface area contributed by atoms with Crippen LogP contribution in [0.25, 0.3) is 22.3 Å². The lowest BCUT2D eigenvalue weighted by Crippen LogP contribution is -2.12. The quantitative estimate of drug-likeness (QED) is 0.0680. The third-order valence-corrected chi connectivity index (χ3v) is 10.5. The molecule has 0 saturated heterocycles. The van der Waals surface area contributed by atoms with E-state index in [0.29, 0.717) is 0 Å². The third-order valence-electron chi connectivity index (χ3n) is 10.0. The molecule has 0 aromatic heterocycles. The van der Waals surface area contributed by atoms with Gasteiger partial charge in [0.05, 0.1) is 5.69 Å². The van der Waals surface area contributed by atoms with Crippen LogP contribution in [-0.2, 0) is 12.8 Å². The molecule has 262 valence electrons. The van der Waals surface area contributed by atoms with Crippen LogP contribution in [0.2, 0.25) is 0 Å². The molecule has 5 aromatic rings. The van der Waals surface area contributed by atoms with Gasteiger partial charge < -0.3 is 4.90 Å². The number of anilines is 3.